The SMILES string of the molecule is Nc1ccccc1-c1nc(Cc2ccc(F)cc2Cl)no1. The average Bonchev–Trinajstić information content (AvgIpc) is 2.91. The predicted molar refractivity (Wildman–Crippen MR) is 78.4 cm³/mol. The summed E-state index contributed by atoms with van der Waals surface area (Å²) in [6.45, 7) is 0. The molecule has 0 spiro atoms. The molecule has 1 aromatic heterocycles. The Hall–Kier alpha value is -2.40. The van der Waals surface area contributed by atoms with Crippen LogP contribution in [-0.2, 0) is 6.42 Å². The number of nitrogen functional groups attached to an aromatic ring is 1. The third kappa shape index (κ3) is 2.87. The van der Waals surface area contributed by atoms with Gasteiger partial charge in [-0.1, -0.05) is 35.0 Å². The van der Waals surface area contributed by atoms with E-state index in [-0.39, 0.29) is 5.82 Å². The Morgan fingerprint density at radius 2 is 2.00 bits per heavy atom. The van der Waals surface area contributed by atoms with Crippen LogP contribution < -0.4 is 5.73 Å². The summed E-state index contributed by atoms with van der Waals surface area (Å²) in [5.74, 6) is 0.428. The van der Waals surface area contributed by atoms with Gasteiger partial charge in [0.1, 0.15) is 5.82 Å². The minimum Gasteiger partial charge on any atom is -0.398 e. The molecule has 0 atom stereocenters. The number of hydrogen-bond acceptors (Lipinski definition) is 4. The molecule has 0 amide bonds. The molecule has 0 aliphatic rings. The Morgan fingerprint density at radius 3 is 2.76 bits per heavy atom. The zero-order valence-electron chi connectivity index (χ0n) is 10.9. The summed E-state index contributed by atoms with van der Waals surface area (Å²) < 4.78 is 18.2. The summed E-state index contributed by atoms with van der Waals surface area (Å²) in [4.78, 5) is 4.29. The number of nitrogens with two attached hydrogens (primary N) is 1. The summed E-state index contributed by atoms with van der Waals surface area (Å²) in [7, 11) is 0. The normalized spacial score (nSPS) is 10.8. The van der Waals surface area contributed by atoms with Gasteiger partial charge in [0.2, 0.25) is 0 Å². The monoisotopic (exact) mass is 303 g/mol. The fraction of sp³-hybridized carbons (Fsp3) is 0.0667. The van der Waals surface area contributed by atoms with Crippen LogP contribution in [0, 0.1) is 5.82 Å². The lowest BCUT2D eigenvalue weighted by molar-refractivity contribution is 0.424. The first-order valence-electron chi connectivity index (χ1n) is 6.25. The maximum absolute atomic E-state index is 13.0. The van der Waals surface area contributed by atoms with E-state index >= 15 is 0 Å². The maximum Gasteiger partial charge on any atom is 0.260 e. The molecule has 4 nitrogen and oxygen atoms in total. The van der Waals surface area contributed by atoms with Crippen LogP contribution in [0.15, 0.2) is 47.0 Å². The molecule has 0 saturated carbocycles. The Bertz CT molecular complexity index is 788. The number of aromatic nitrogens is 2. The number of anilines is 1. The van der Waals surface area contributed by atoms with Crippen LogP contribution in [0.2, 0.25) is 5.02 Å². The van der Waals surface area contributed by atoms with Crippen LogP contribution in [0.3, 0.4) is 0 Å². The second-order valence-electron chi connectivity index (χ2n) is 4.52. The van der Waals surface area contributed by atoms with Gasteiger partial charge in [-0.05, 0) is 29.8 Å². The summed E-state index contributed by atoms with van der Waals surface area (Å²) in [5, 5.41) is 4.23. The third-order valence-corrected chi connectivity index (χ3v) is 3.37. The van der Waals surface area contributed by atoms with Gasteiger partial charge in [-0.15, -0.1) is 0 Å². The smallest absolute Gasteiger partial charge is 0.260 e. The molecule has 0 radical (unpaired) electrons. The molecule has 106 valence electrons. The van der Waals surface area contributed by atoms with Crippen molar-refractivity contribution < 1.29 is 8.91 Å². The molecule has 6 heteroatoms. The van der Waals surface area contributed by atoms with Gasteiger partial charge in [0.05, 0.1) is 5.56 Å². The summed E-state index contributed by atoms with van der Waals surface area (Å²) in [5.41, 5.74) is 7.84. The standard InChI is InChI=1S/C15H11ClFN3O/c16-12-8-10(17)6-5-9(12)7-14-19-15(21-20-14)11-3-1-2-4-13(11)18/h1-6,8H,7,18H2. The number of para-hydroxylation sites is 1. The topological polar surface area (TPSA) is 64.9 Å². The van der Waals surface area contributed by atoms with E-state index in [1.54, 1.807) is 18.2 Å². The van der Waals surface area contributed by atoms with E-state index in [4.69, 9.17) is 21.9 Å². The molecule has 3 rings (SSSR count). The van der Waals surface area contributed by atoms with Crippen LogP contribution in [-0.4, -0.2) is 10.1 Å². The number of halogens is 2. The van der Waals surface area contributed by atoms with Gasteiger partial charge in [-0.25, -0.2) is 4.39 Å². The Kier molecular flexibility index (Phi) is 3.58. The van der Waals surface area contributed by atoms with Crippen LogP contribution in [0.4, 0.5) is 10.1 Å². The summed E-state index contributed by atoms with van der Waals surface area (Å²) in [6.07, 6.45) is 0.356. The zero-order chi connectivity index (χ0) is 14.8. The average molecular weight is 304 g/mol. The van der Waals surface area contributed by atoms with Gasteiger partial charge >= 0.3 is 0 Å². The van der Waals surface area contributed by atoms with Gasteiger partial charge in [0.25, 0.3) is 5.89 Å². The second-order valence-corrected chi connectivity index (χ2v) is 4.92. The molecule has 0 aliphatic heterocycles. The Labute approximate surface area is 125 Å². The van der Waals surface area contributed by atoms with Crippen LogP contribution in [0.5, 0.6) is 0 Å². The fourth-order valence-electron chi connectivity index (χ4n) is 1.96. The van der Waals surface area contributed by atoms with E-state index in [9.17, 15) is 4.39 Å². The lowest BCUT2D eigenvalue weighted by Crippen LogP contribution is -1.93. The highest BCUT2D eigenvalue weighted by molar-refractivity contribution is 6.31. The number of hydrogen-bond donors (Lipinski definition) is 1. The fourth-order valence-corrected chi connectivity index (χ4v) is 2.20. The number of nitrogens with zero attached hydrogens (tertiary/aromatic N) is 2. The molecule has 3 aromatic rings. The lowest BCUT2D eigenvalue weighted by atomic mass is 10.1. The Morgan fingerprint density at radius 1 is 1.19 bits per heavy atom. The van der Waals surface area contributed by atoms with E-state index in [1.807, 2.05) is 12.1 Å². The van der Waals surface area contributed by atoms with Crippen molar-refractivity contribution in [1.29, 1.82) is 0 Å². The van der Waals surface area contributed by atoms with Crippen molar-refractivity contribution >= 4 is 17.3 Å². The molecule has 0 unspecified atom stereocenters. The van der Waals surface area contributed by atoms with Gasteiger partial charge in [-0.2, -0.15) is 4.98 Å². The molecule has 2 N–H and O–H groups in total. The second kappa shape index (κ2) is 5.54. The number of rotatable bonds is 3. The largest absolute Gasteiger partial charge is 0.398 e. The van der Waals surface area contributed by atoms with Crippen molar-refractivity contribution in [3.8, 4) is 11.5 Å². The van der Waals surface area contributed by atoms with Crippen molar-refractivity contribution in [2.75, 3.05) is 5.73 Å². The molecule has 0 saturated heterocycles. The van der Waals surface area contributed by atoms with Crippen molar-refractivity contribution in [1.82, 2.24) is 10.1 Å². The molecule has 1 heterocycles. The highest BCUT2D eigenvalue weighted by Gasteiger charge is 2.13. The van der Waals surface area contributed by atoms with E-state index in [0.717, 1.165) is 5.56 Å². The van der Waals surface area contributed by atoms with Crippen LogP contribution in [0.1, 0.15) is 11.4 Å². The third-order valence-electron chi connectivity index (χ3n) is 3.02. The van der Waals surface area contributed by atoms with Crippen molar-refractivity contribution in [2.24, 2.45) is 0 Å². The first kappa shape index (κ1) is 13.6. The van der Waals surface area contributed by atoms with Gasteiger partial charge in [0, 0.05) is 17.1 Å². The van der Waals surface area contributed by atoms with Gasteiger partial charge < -0.3 is 10.3 Å². The molecule has 21 heavy (non-hydrogen) atoms. The first-order valence-corrected chi connectivity index (χ1v) is 6.62. The predicted octanol–water partition coefficient (Wildman–Crippen LogP) is 3.70. The molecular weight excluding hydrogens is 293 g/mol. The molecular formula is C15H11ClFN3O. The highest BCUT2D eigenvalue weighted by atomic mass is 35.5. The van der Waals surface area contributed by atoms with Crippen molar-refractivity contribution in [3.05, 3.63) is 64.7 Å². The van der Waals surface area contributed by atoms with E-state index < -0.39 is 0 Å². The molecule has 2 aromatic carbocycles. The molecule has 0 fully saturated rings. The lowest BCUT2D eigenvalue weighted by Gasteiger charge is -2.00. The van der Waals surface area contributed by atoms with Crippen molar-refractivity contribution in [2.45, 2.75) is 6.42 Å². The van der Waals surface area contributed by atoms with Crippen LogP contribution in [0.25, 0.3) is 11.5 Å². The quantitative estimate of drug-likeness (QED) is 0.749. The van der Waals surface area contributed by atoms with Gasteiger partial charge in [0.15, 0.2) is 5.82 Å². The van der Waals surface area contributed by atoms with E-state index in [1.165, 1.54) is 12.1 Å². The number of benzene rings is 2. The van der Waals surface area contributed by atoms with E-state index in [2.05, 4.69) is 10.1 Å². The first-order chi connectivity index (χ1) is 10.1. The zero-order valence-corrected chi connectivity index (χ0v) is 11.6. The Balaban J connectivity index is 1.87. The molecule has 0 bridgehead atoms. The minimum absolute atomic E-state index is 0.334. The summed E-state index contributed by atoms with van der Waals surface area (Å²) >= 11 is 5.98. The van der Waals surface area contributed by atoms with Crippen molar-refractivity contribution in [3.63, 3.8) is 0 Å². The molecule has 0 aliphatic carbocycles. The highest BCUT2D eigenvalue weighted by Crippen LogP contribution is 2.25. The maximum atomic E-state index is 13.0. The van der Waals surface area contributed by atoms with E-state index in [0.29, 0.717) is 34.4 Å². The van der Waals surface area contributed by atoms with Gasteiger partial charge in [-0.3, -0.25) is 0 Å². The van der Waals surface area contributed by atoms with Crippen LogP contribution >= 0.6 is 11.6 Å². The minimum atomic E-state index is -0.380. The summed E-state index contributed by atoms with van der Waals surface area (Å²) in [6, 6.07) is 11.4.